The first-order valence-electron chi connectivity index (χ1n) is 7.45. The van der Waals surface area contributed by atoms with Crippen molar-refractivity contribution in [2.45, 2.75) is 19.7 Å². The molecule has 0 spiro atoms. The third kappa shape index (κ3) is 2.18. The van der Waals surface area contributed by atoms with Gasteiger partial charge in [0.1, 0.15) is 0 Å². The van der Waals surface area contributed by atoms with Crippen molar-refractivity contribution in [1.82, 2.24) is 0 Å². The van der Waals surface area contributed by atoms with Crippen LogP contribution in [0.4, 0.5) is 0 Å². The second-order valence-corrected chi connectivity index (χ2v) is 6.12. The van der Waals surface area contributed by atoms with E-state index in [9.17, 15) is 0 Å². The van der Waals surface area contributed by atoms with Crippen molar-refractivity contribution in [2.24, 2.45) is 0 Å². The molecule has 22 heavy (non-hydrogen) atoms. The maximum absolute atomic E-state index is 6.49. The number of allylic oxidation sites excluding steroid dienone is 3. The molecule has 1 aliphatic rings. The van der Waals surface area contributed by atoms with E-state index in [1.165, 1.54) is 16.7 Å². The Morgan fingerprint density at radius 2 is 1.36 bits per heavy atom. The summed E-state index contributed by atoms with van der Waals surface area (Å²) in [5.74, 6) is -0.0952. The maximum atomic E-state index is 6.49. The van der Waals surface area contributed by atoms with Gasteiger partial charge in [0.05, 0.1) is 7.85 Å². The zero-order valence-electron chi connectivity index (χ0n) is 13.2. The molecule has 0 saturated carbocycles. The molecule has 0 aliphatic heterocycles. The lowest BCUT2D eigenvalue weighted by Gasteiger charge is -2.11. The van der Waals surface area contributed by atoms with Gasteiger partial charge in [0.2, 0.25) is 0 Å². The van der Waals surface area contributed by atoms with Gasteiger partial charge in [0.15, 0.2) is 0 Å². The van der Waals surface area contributed by atoms with E-state index < -0.39 is 0 Å². The van der Waals surface area contributed by atoms with E-state index >= 15 is 0 Å². The molecule has 0 saturated heterocycles. The lowest BCUT2D eigenvalue weighted by Crippen LogP contribution is -1.97. The van der Waals surface area contributed by atoms with Crippen LogP contribution in [-0.4, -0.2) is 7.85 Å². The summed E-state index contributed by atoms with van der Waals surface area (Å²) in [7, 11) is 6.49. The van der Waals surface area contributed by atoms with Crippen molar-refractivity contribution in [3.8, 4) is 11.1 Å². The normalized spacial score (nSPS) is 15.1. The first-order chi connectivity index (χ1) is 10.4. The molecule has 0 fully saturated rings. The van der Waals surface area contributed by atoms with Gasteiger partial charge in [-0.3, -0.25) is 0 Å². The van der Waals surface area contributed by atoms with Crippen molar-refractivity contribution >= 4 is 19.0 Å². The summed E-state index contributed by atoms with van der Waals surface area (Å²) >= 11 is 0. The molecule has 0 aromatic heterocycles. The zero-order chi connectivity index (χ0) is 16.0. The molecule has 2 radical (unpaired) electrons. The quantitative estimate of drug-likeness (QED) is 0.511. The van der Waals surface area contributed by atoms with E-state index in [2.05, 4.69) is 56.1 Å². The fourth-order valence-corrected chi connectivity index (χ4v) is 3.00. The Morgan fingerprint density at radius 3 is 1.86 bits per heavy atom. The first kappa shape index (κ1) is 14.7. The third-order valence-electron chi connectivity index (χ3n) is 4.42. The van der Waals surface area contributed by atoms with Crippen LogP contribution in [-0.2, 0) is 0 Å². The Labute approximate surface area is 134 Å². The van der Waals surface area contributed by atoms with Crippen LogP contribution < -0.4 is 0 Å². The topological polar surface area (TPSA) is 0 Å². The first-order valence-corrected chi connectivity index (χ1v) is 7.45. The molecule has 0 nitrogen and oxygen atoms in total. The average molecular weight is 282 g/mol. The number of rotatable bonds is 3. The van der Waals surface area contributed by atoms with Crippen LogP contribution in [0, 0.1) is 0 Å². The van der Waals surface area contributed by atoms with Gasteiger partial charge in [-0.15, -0.1) is 0 Å². The van der Waals surface area contributed by atoms with Crippen LogP contribution >= 0.6 is 0 Å². The van der Waals surface area contributed by atoms with Crippen molar-refractivity contribution in [3.63, 3.8) is 0 Å². The molecule has 106 valence electrons. The monoisotopic (exact) mass is 282 g/mol. The Balaban J connectivity index is 2.12. The third-order valence-corrected chi connectivity index (χ3v) is 4.42. The molecule has 2 aromatic rings. The fraction of sp³-hybridized carbons (Fsp3) is 0.143. The Kier molecular flexibility index (Phi) is 3.45. The molecule has 1 unspecified atom stereocenters. The van der Waals surface area contributed by atoms with Crippen LogP contribution in [0.2, 0.25) is 0 Å². The van der Waals surface area contributed by atoms with E-state index in [1.54, 1.807) is 0 Å². The summed E-state index contributed by atoms with van der Waals surface area (Å²) in [5, 5.41) is 0. The highest BCUT2D eigenvalue weighted by molar-refractivity contribution is 6.17. The van der Waals surface area contributed by atoms with Gasteiger partial charge < -0.3 is 0 Å². The summed E-state index contributed by atoms with van der Waals surface area (Å²) in [5.41, 5.74) is 10.0. The summed E-state index contributed by atoms with van der Waals surface area (Å²) in [6, 6.07) is 12.8. The van der Waals surface area contributed by atoms with Crippen molar-refractivity contribution in [2.75, 3.05) is 0 Å². The minimum atomic E-state index is -0.0952. The summed E-state index contributed by atoms with van der Waals surface area (Å²) in [6.45, 7) is 16.1. The van der Waals surface area contributed by atoms with Crippen molar-refractivity contribution in [1.29, 1.82) is 0 Å². The number of fused-ring (bicyclic) bond motifs is 3. The molecular formula is C21H19B. The van der Waals surface area contributed by atoms with E-state index in [0.717, 1.165) is 33.4 Å². The highest BCUT2D eigenvalue weighted by atomic mass is 14.3. The molecule has 0 heterocycles. The van der Waals surface area contributed by atoms with Crippen LogP contribution in [0.5, 0.6) is 0 Å². The van der Waals surface area contributed by atoms with Gasteiger partial charge in [-0.25, -0.2) is 0 Å². The lowest BCUT2D eigenvalue weighted by molar-refractivity contribution is 1.19. The standard InChI is InChI=1S/C21H19B/c1-12(2)14(5)16-7-9-18-17-8-6-15(13(3)4)10-19(17)21(22)20(18)11-16/h6-11,21H,1,3,5H2,2,4H3. The van der Waals surface area contributed by atoms with Crippen LogP contribution in [0.25, 0.3) is 22.3 Å². The van der Waals surface area contributed by atoms with Crippen LogP contribution in [0.1, 0.15) is 41.9 Å². The minimum Gasteiger partial charge on any atom is -0.0955 e. The molecule has 0 N–H and O–H groups in total. The van der Waals surface area contributed by atoms with Crippen LogP contribution in [0.3, 0.4) is 0 Å². The molecule has 1 aliphatic carbocycles. The Bertz CT molecular complexity index is 824. The molecular weight excluding hydrogens is 263 g/mol. The van der Waals surface area contributed by atoms with Crippen LogP contribution in [0.15, 0.2) is 61.7 Å². The summed E-state index contributed by atoms with van der Waals surface area (Å²) < 4.78 is 0. The largest absolute Gasteiger partial charge is 0.0955 e. The number of benzene rings is 2. The second-order valence-electron chi connectivity index (χ2n) is 6.12. The minimum absolute atomic E-state index is 0.0952. The molecule has 0 amide bonds. The molecule has 0 bridgehead atoms. The second kappa shape index (κ2) is 5.17. The van der Waals surface area contributed by atoms with Gasteiger partial charge in [-0.1, -0.05) is 67.3 Å². The SMILES string of the molecule is [B]C1c2cc(C(=C)C)ccc2-c2ccc(C(=C)C(=C)C)cc21. The fourth-order valence-electron chi connectivity index (χ4n) is 3.00. The predicted octanol–water partition coefficient (Wildman–Crippen LogP) is 5.55. The van der Waals surface area contributed by atoms with Gasteiger partial charge in [0.25, 0.3) is 0 Å². The van der Waals surface area contributed by atoms with Gasteiger partial charge in [-0.2, -0.15) is 0 Å². The zero-order valence-corrected chi connectivity index (χ0v) is 13.2. The number of hydrogen-bond donors (Lipinski definition) is 0. The summed E-state index contributed by atoms with van der Waals surface area (Å²) in [4.78, 5) is 0. The van der Waals surface area contributed by atoms with E-state index in [0.29, 0.717) is 0 Å². The van der Waals surface area contributed by atoms with E-state index in [-0.39, 0.29) is 5.82 Å². The molecule has 2 aromatic carbocycles. The van der Waals surface area contributed by atoms with Gasteiger partial charge in [-0.05, 0) is 58.6 Å². The highest BCUT2D eigenvalue weighted by Gasteiger charge is 2.25. The molecule has 1 heteroatoms. The molecule has 1 atom stereocenters. The lowest BCUT2D eigenvalue weighted by atomic mass is 9.78. The number of hydrogen-bond acceptors (Lipinski definition) is 0. The van der Waals surface area contributed by atoms with Crippen molar-refractivity contribution < 1.29 is 0 Å². The van der Waals surface area contributed by atoms with Gasteiger partial charge in [0, 0.05) is 0 Å². The average Bonchev–Trinajstić information content (AvgIpc) is 2.78. The van der Waals surface area contributed by atoms with Gasteiger partial charge >= 0.3 is 0 Å². The maximum Gasteiger partial charge on any atom is 0.0828 e. The van der Waals surface area contributed by atoms with Crippen molar-refractivity contribution in [3.05, 3.63) is 84.0 Å². The van der Waals surface area contributed by atoms with E-state index in [1.807, 2.05) is 13.8 Å². The van der Waals surface area contributed by atoms with E-state index in [4.69, 9.17) is 7.85 Å². The highest BCUT2D eigenvalue weighted by Crippen LogP contribution is 2.45. The predicted molar refractivity (Wildman–Crippen MR) is 98.0 cm³/mol. The molecule has 3 rings (SSSR count). The Hall–Kier alpha value is -2.28. The summed E-state index contributed by atoms with van der Waals surface area (Å²) in [6.07, 6.45) is 0. The smallest absolute Gasteiger partial charge is 0.0828 e. The Morgan fingerprint density at radius 1 is 0.864 bits per heavy atom.